The average molecular weight is 228 g/mol. The molecule has 1 aromatic heterocycles. The normalized spacial score (nSPS) is 12.1. The van der Waals surface area contributed by atoms with Gasteiger partial charge in [-0.2, -0.15) is 0 Å². The third-order valence-electron chi connectivity index (χ3n) is 1.82. The monoisotopic (exact) mass is 228 g/mol. The Bertz CT molecular complexity index is 389. The number of carboxylic acid groups (broad SMARTS) is 1. The number of hydrogen-bond acceptors (Lipinski definition) is 5. The zero-order chi connectivity index (χ0) is 12.1. The fourth-order valence-electron chi connectivity index (χ4n) is 1.05. The number of nitrogens with zero attached hydrogens (tertiary/aromatic N) is 2. The molecule has 16 heavy (non-hydrogen) atoms. The number of aliphatic hydroxyl groups excluding tert-OH is 1. The highest BCUT2D eigenvalue weighted by molar-refractivity contribution is 5.93. The van der Waals surface area contributed by atoms with Crippen molar-refractivity contribution in [1.82, 2.24) is 20.5 Å². The second-order valence-corrected chi connectivity index (χ2v) is 3.12. The summed E-state index contributed by atoms with van der Waals surface area (Å²) in [7, 11) is 0. The van der Waals surface area contributed by atoms with Crippen molar-refractivity contribution in [3.05, 3.63) is 11.6 Å². The van der Waals surface area contributed by atoms with Crippen LogP contribution in [0.2, 0.25) is 0 Å². The molecule has 1 amide bonds. The van der Waals surface area contributed by atoms with Crippen LogP contribution in [0.1, 0.15) is 22.9 Å². The number of aromatic amines is 1. The summed E-state index contributed by atoms with van der Waals surface area (Å²) in [6.45, 7) is 1.29. The molecule has 0 spiro atoms. The van der Waals surface area contributed by atoms with Gasteiger partial charge in [-0.3, -0.25) is 9.89 Å². The Morgan fingerprint density at radius 3 is 2.69 bits per heavy atom. The number of hydrogen-bond donors (Lipinski definition) is 4. The van der Waals surface area contributed by atoms with Crippen LogP contribution in [0.15, 0.2) is 0 Å². The molecule has 8 nitrogen and oxygen atoms in total. The molecule has 4 N–H and O–H groups in total. The van der Waals surface area contributed by atoms with Crippen molar-refractivity contribution in [2.24, 2.45) is 0 Å². The van der Waals surface area contributed by atoms with Crippen molar-refractivity contribution < 1.29 is 19.8 Å². The Balaban J connectivity index is 2.65. The minimum Gasteiger partial charge on any atom is -0.480 e. The lowest BCUT2D eigenvalue weighted by Crippen LogP contribution is -2.41. The van der Waals surface area contributed by atoms with Gasteiger partial charge in [-0.05, 0) is 6.92 Å². The zero-order valence-corrected chi connectivity index (χ0v) is 8.60. The number of carbonyl (C=O) groups excluding carboxylic acids is 1. The molecular weight excluding hydrogens is 216 g/mol. The van der Waals surface area contributed by atoms with Crippen LogP contribution in [0.25, 0.3) is 0 Å². The molecule has 0 radical (unpaired) electrons. The van der Waals surface area contributed by atoms with Gasteiger partial charge in [0.2, 0.25) is 5.82 Å². The van der Waals surface area contributed by atoms with Crippen molar-refractivity contribution >= 4 is 11.9 Å². The molecule has 0 saturated carbocycles. The number of H-pyrrole nitrogens is 1. The fourth-order valence-corrected chi connectivity index (χ4v) is 1.05. The number of nitrogens with one attached hydrogen (secondary N) is 2. The van der Waals surface area contributed by atoms with E-state index in [-0.39, 0.29) is 18.9 Å². The summed E-state index contributed by atoms with van der Waals surface area (Å²) in [5, 5.41) is 25.6. The molecule has 1 rings (SSSR count). The summed E-state index contributed by atoms with van der Waals surface area (Å²) >= 11 is 0. The number of aromatic nitrogens is 3. The number of rotatable bonds is 5. The van der Waals surface area contributed by atoms with E-state index in [2.05, 4.69) is 20.5 Å². The van der Waals surface area contributed by atoms with Gasteiger partial charge in [0, 0.05) is 13.0 Å². The molecule has 88 valence electrons. The minimum absolute atomic E-state index is 0.0650. The first kappa shape index (κ1) is 12.1. The molecular formula is C8H12N4O4. The summed E-state index contributed by atoms with van der Waals surface area (Å²) < 4.78 is 0. The van der Waals surface area contributed by atoms with E-state index in [9.17, 15) is 9.59 Å². The standard InChI is InChI=1S/C8H12N4O4/c1-4-9-6(12-11-4)7(14)10-5(2-3-13)8(15)16/h5,13H,2-3H2,1H3,(H,10,14)(H,15,16)(H,9,11,12)/t5-/m0/s1. The lowest BCUT2D eigenvalue weighted by atomic mass is 10.2. The molecule has 0 unspecified atom stereocenters. The van der Waals surface area contributed by atoms with Gasteiger partial charge >= 0.3 is 5.97 Å². The Morgan fingerprint density at radius 2 is 2.25 bits per heavy atom. The molecule has 1 atom stereocenters. The Hall–Kier alpha value is -1.96. The highest BCUT2D eigenvalue weighted by atomic mass is 16.4. The number of carboxylic acids is 1. The fraction of sp³-hybridized carbons (Fsp3) is 0.500. The first-order valence-electron chi connectivity index (χ1n) is 4.58. The molecule has 0 bridgehead atoms. The van der Waals surface area contributed by atoms with E-state index in [1.807, 2.05) is 0 Å². The highest BCUT2D eigenvalue weighted by Crippen LogP contribution is 1.96. The van der Waals surface area contributed by atoms with E-state index in [4.69, 9.17) is 10.2 Å². The molecule has 0 aliphatic rings. The molecule has 1 heterocycles. The summed E-state index contributed by atoms with van der Waals surface area (Å²) in [6, 6.07) is -1.14. The van der Waals surface area contributed by atoms with Crippen molar-refractivity contribution in [2.45, 2.75) is 19.4 Å². The molecule has 8 heteroatoms. The number of aliphatic carboxylic acids is 1. The van der Waals surface area contributed by atoms with Crippen LogP contribution in [0.5, 0.6) is 0 Å². The molecule has 0 fully saturated rings. The predicted molar refractivity (Wildman–Crippen MR) is 51.7 cm³/mol. The van der Waals surface area contributed by atoms with Gasteiger partial charge in [-0.25, -0.2) is 9.78 Å². The van der Waals surface area contributed by atoms with Crippen LogP contribution >= 0.6 is 0 Å². The second kappa shape index (κ2) is 5.21. The minimum atomic E-state index is -1.21. The van der Waals surface area contributed by atoms with Gasteiger partial charge < -0.3 is 15.5 Å². The number of carbonyl (C=O) groups is 2. The van der Waals surface area contributed by atoms with Crippen LogP contribution < -0.4 is 5.32 Å². The predicted octanol–water partition coefficient (Wildman–Crippen LogP) is -1.32. The first-order valence-corrected chi connectivity index (χ1v) is 4.58. The largest absolute Gasteiger partial charge is 0.480 e. The van der Waals surface area contributed by atoms with E-state index in [0.29, 0.717) is 5.82 Å². The second-order valence-electron chi connectivity index (χ2n) is 3.12. The third kappa shape index (κ3) is 3.02. The number of aryl methyl sites for hydroxylation is 1. The van der Waals surface area contributed by atoms with Crippen LogP contribution in [0.4, 0.5) is 0 Å². The lowest BCUT2D eigenvalue weighted by molar-refractivity contribution is -0.139. The Labute approximate surface area is 90.7 Å². The van der Waals surface area contributed by atoms with Crippen LogP contribution in [0, 0.1) is 6.92 Å². The van der Waals surface area contributed by atoms with Crippen molar-refractivity contribution in [3.63, 3.8) is 0 Å². The van der Waals surface area contributed by atoms with Crippen LogP contribution in [-0.4, -0.2) is 49.9 Å². The average Bonchev–Trinajstić information content (AvgIpc) is 2.64. The molecule has 1 aromatic rings. The van der Waals surface area contributed by atoms with Crippen molar-refractivity contribution in [2.75, 3.05) is 6.61 Å². The maximum absolute atomic E-state index is 11.4. The van der Waals surface area contributed by atoms with Crippen LogP contribution in [0.3, 0.4) is 0 Å². The van der Waals surface area contributed by atoms with E-state index in [1.54, 1.807) is 6.92 Å². The van der Waals surface area contributed by atoms with Crippen molar-refractivity contribution in [3.8, 4) is 0 Å². The summed E-state index contributed by atoms with van der Waals surface area (Å²) in [5.74, 6) is -1.57. The smallest absolute Gasteiger partial charge is 0.326 e. The van der Waals surface area contributed by atoms with E-state index in [0.717, 1.165) is 0 Å². The highest BCUT2D eigenvalue weighted by Gasteiger charge is 2.21. The molecule has 0 aromatic carbocycles. The summed E-state index contributed by atoms with van der Waals surface area (Å²) in [6.07, 6.45) is -0.0650. The Kier molecular flexibility index (Phi) is 3.95. The van der Waals surface area contributed by atoms with Gasteiger partial charge in [0.25, 0.3) is 5.91 Å². The van der Waals surface area contributed by atoms with Gasteiger partial charge in [0.15, 0.2) is 0 Å². The first-order chi connectivity index (χ1) is 7.54. The maximum atomic E-state index is 11.4. The Morgan fingerprint density at radius 1 is 1.56 bits per heavy atom. The summed E-state index contributed by atoms with van der Waals surface area (Å²) in [5.41, 5.74) is 0. The van der Waals surface area contributed by atoms with Crippen LogP contribution in [-0.2, 0) is 4.79 Å². The van der Waals surface area contributed by atoms with Gasteiger partial charge in [0.1, 0.15) is 11.9 Å². The van der Waals surface area contributed by atoms with Gasteiger partial charge in [-0.1, -0.05) is 0 Å². The quantitative estimate of drug-likeness (QED) is 0.494. The van der Waals surface area contributed by atoms with E-state index >= 15 is 0 Å². The topological polar surface area (TPSA) is 128 Å². The molecule has 0 aliphatic heterocycles. The van der Waals surface area contributed by atoms with E-state index < -0.39 is 17.9 Å². The summed E-state index contributed by atoms with van der Waals surface area (Å²) in [4.78, 5) is 25.9. The molecule has 0 aliphatic carbocycles. The third-order valence-corrected chi connectivity index (χ3v) is 1.82. The van der Waals surface area contributed by atoms with Gasteiger partial charge in [0.05, 0.1) is 0 Å². The SMILES string of the molecule is Cc1nc(C(=O)N[C@@H](CCO)C(=O)O)n[nH]1. The number of aliphatic hydroxyl groups is 1. The van der Waals surface area contributed by atoms with E-state index in [1.165, 1.54) is 0 Å². The zero-order valence-electron chi connectivity index (χ0n) is 8.60. The lowest BCUT2D eigenvalue weighted by Gasteiger charge is -2.11. The number of amides is 1. The molecule has 0 saturated heterocycles. The maximum Gasteiger partial charge on any atom is 0.326 e. The van der Waals surface area contributed by atoms with Crippen molar-refractivity contribution in [1.29, 1.82) is 0 Å². The van der Waals surface area contributed by atoms with Gasteiger partial charge in [-0.15, -0.1) is 5.10 Å².